The number of thioether (sulfide) groups is 1. The Morgan fingerprint density at radius 1 is 1.36 bits per heavy atom. The van der Waals surface area contributed by atoms with Gasteiger partial charge in [-0.25, -0.2) is 9.78 Å². The molecule has 1 fully saturated rings. The predicted molar refractivity (Wildman–Crippen MR) is 85.1 cm³/mol. The molecule has 0 aliphatic heterocycles. The summed E-state index contributed by atoms with van der Waals surface area (Å²) in [4.78, 5) is 27.5. The van der Waals surface area contributed by atoms with Gasteiger partial charge in [0.25, 0.3) is 0 Å². The van der Waals surface area contributed by atoms with Crippen LogP contribution in [0.3, 0.4) is 0 Å². The van der Waals surface area contributed by atoms with E-state index in [4.69, 9.17) is 4.74 Å². The topological polar surface area (TPSA) is 73.2 Å². The van der Waals surface area contributed by atoms with Gasteiger partial charge in [-0.15, -0.1) is 0 Å². The van der Waals surface area contributed by atoms with Crippen LogP contribution >= 0.6 is 11.8 Å². The highest BCUT2D eigenvalue weighted by molar-refractivity contribution is 7.99. The first kappa shape index (κ1) is 16.9. The summed E-state index contributed by atoms with van der Waals surface area (Å²) < 4.78 is 6.95. The van der Waals surface area contributed by atoms with Crippen LogP contribution in [0.2, 0.25) is 0 Å². The maximum absolute atomic E-state index is 11.8. The second-order valence-electron chi connectivity index (χ2n) is 5.43. The highest BCUT2D eigenvalue weighted by Gasteiger charge is 2.23. The second-order valence-corrected chi connectivity index (χ2v) is 6.37. The van der Waals surface area contributed by atoms with Crippen molar-refractivity contribution in [1.82, 2.24) is 14.9 Å². The molecule has 0 radical (unpaired) electrons. The Labute approximate surface area is 135 Å². The van der Waals surface area contributed by atoms with Crippen molar-refractivity contribution in [3.63, 3.8) is 0 Å². The molecule has 0 spiro atoms. The van der Waals surface area contributed by atoms with Gasteiger partial charge in [0.15, 0.2) is 5.16 Å². The Morgan fingerprint density at radius 2 is 2.05 bits per heavy atom. The van der Waals surface area contributed by atoms with Gasteiger partial charge in [0.05, 0.1) is 18.1 Å². The molecule has 1 aromatic heterocycles. The minimum absolute atomic E-state index is 0.154. The number of amides is 2. The van der Waals surface area contributed by atoms with E-state index in [1.54, 1.807) is 6.92 Å². The zero-order valence-corrected chi connectivity index (χ0v) is 14.2. The number of aryl methyl sites for hydroxylation is 1. The number of hydrogen-bond donors (Lipinski definition) is 1. The first-order valence-electron chi connectivity index (χ1n) is 7.67. The largest absolute Gasteiger partial charge is 0.450 e. The maximum Gasteiger partial charge on any atom is 0.413 e. The van der Waals surface area contributed by atoms with E-state index in [1.807, 2.05) is 6.92 Å². The van der Waals surface area contributed by atoms with Gasteiger partial charge in [0.1, 0.15) is 0 Å². The van der Waals surface area contributed by atoms with E-state index in [1.165, 1.54) is 43.1 Å². The van der Waals surface area contributed by atoms with Crippen LogP contribution in [-0.2, 0) is 9.53 Å². The number of imide groups is 1. The molecule has 1 aromatic rings. The normalized spacial score (nSPS) is 15.0. The molecule has 22 heavy (non-hydrogen) atoms. The molecule has 6 nitrogen and oxygen atoms in total. The van der Waals surface area contributed by atoms with Gasteiger partial charge in [-0.2, -0.15) is 0 Å². The first-order chi connectivity index (χ1) is 10.5. The number of ether oxygens (including phenoxy) is 1. The fraction of sp³-hybridized carbons (Fsp3) is 0.667. The van der Waals surface area contributed by atoms with Crippen molar-refractivity contribution in [1.29, 1.82) is 0 Å². The van der Waals surface area contributed by atoms with Gasteiger partial charge < -0.3 is 9.30 Å². The van der Waals surface area contributed by atoms with E-state index in [0.29, 0.717) is 6.04 Å². The summed E-state index contributed by atoms with van der Waals surface area (Å²) in [7, 11) is 0. The molecule has 122 valence electrons. The molecule has 1 saturated carbocycles. The lowest BCUT2D eigenvalue weighted by molar-refractivity contribution is -0.117. The van der Waals surface area contributed by atoms with E-state index < -0.39 is 6.09 Å². The number of rotatable bonds is 5. The van der Waals surface area contributed by atoms with Crippen LogP contribution in [0.4, 0.5) is 4.79 Å². The standard InChI is InChI=1S/C15H23N3O3S/c1-4-21-15(20)17-13(19)9-22-14-16-10(2)11(3)18(14)12-7-5-6-8-12/h12H,4-9H2,1-3H3,(H,17,19,20). The minimum atomic E-state index is -0.695. The Morgan fingerprint density at radius 3 is 2.68 bits per heavy atom. The summed E-state index contributed by atoms with van der Waals surface area (Å²) in [6.07, 6.45) is 4.13. The molecular formula is C15H23N3O3S. The van der Waals surface area contributed by atoms with Crippen LogP contribution in [0.15, 0.2) is 5.16 Å². The third-order valence-electron chi connectivity index (χ3n) is 3.89. The van der Waals surface area contributed by atoms with Crippen LogP contribution in [0.5, 0.6) is 0 Å². The predicted octanol–water partition coefficient (Wildman–Crippen LogP) is 2.98. The summed E-state index contributed by atoms with van der Waals surface area (Å²) in [6, 6.07) is 0.483. The summed E-state index contributed by atoms with van der Waals surface area (Å²) in [6.45, 7) is 6.01. The molecule has 0 saturated heterocycles. The number of carbonyl (C=O) groups excluding carboxylic acids is 2. The van der Waals surface area contributed by atoms with E-state index in [0.717, 1.165) is 10.9 Å². The monoisotopic (exact) mass is 325 g/mol. The van der Waals surface area contributed by atoms with Crippen molar-refractivity contribution >= 4 is 23.8 Å². The molecule has 2 amide bonds. The SMILES string of the molecule is CCOC(=O)NC(=O)CSc1nc(C)c(C)n1C1CCCC1. The fourth-order valence-electron chi connectivity index (χ4n) is 2.74. The van der Waals surface area contributed by atoms with Crippen molar-refractivity contribution < 1.29 is 14.3 Å². The molecule has 7 heteroatoms. The van der Waals surface area contributed by atoms with Crippen molar-refractivity contribution in [2.45, 2.75) is 57.7 Å². The lowest BCUT2D eigenvalue weighted by Gasteiger charge is -2.16. The zero-order valence-electron chi connectivity index (χ0n) is 13.3. The number of aromatic nitrogens is 2. The van der Waals surface area contributed by atoms with Gasteiger partial charge in [-0.3, -0.25) is 10.1 Å². The molecule has 1 aliphatic carbocycles. The molecule has 2 rings (SSSR count). The lowest BCUT2D eigenvalue weighted by atomic mass is 10.2. The minimum Gasteiger partial charge on any atom is -0.450 e. The summed E-state index contributed by atoms with van der Waals surface area (Å²) in [5.41, 5.74) is 2.17. The van der Waals surface area contributed by atoms with Crippen LogP contribution in [0.1, 0.15) is 50.0 Å². The van der Waals surface area contributed by atoms with Gasteiger partial charge in [0, 0.05) is 11.7 Å². The number of hydrogen-bond acceptors (Lipinski definition) is 5. The molecule has 1 N–H and O–H groups in total. The van der Waals surface area contributed by atoms with Crippen LogP contribution in [0.25, 0.3) is 0 Å². The van der Waals surface area contributed by atoms with Gasteiger partial charge >= 0.3 is 6.09 Å². The van der Waals surface area contributed by atoms with E-state index in [2.05, 4.69) is 21.8 Å². The van der Waals surface area contributed by atoms with Gasteiger partial charge in [-0.05, 0) is 33.6 Å². The molecular weight excluding hydrogens is 302 g/mol. The molecule has 1 heterocycles. The maximum atomic E-state index is 11.8. The number of nitrogens with zero attached hydrogens (tertiary/aromatic N) is 2. The zero-order chi connectivity index (χ0) is 16.1. The van der Waals surface area contributed by atoms with Crippen molar-refractivity contribution in [3.8, 4) is 0 Å². The number of imidazole rings is 1. The van der Waals surface area contributed by atoms with Gasteiger partial charge in [-0.1, -0.05) is 24.6 Å². The lowest BCUT2D eigenvalue weighted by Crippen LogP contribution is -2.32. The first-order valence-corrected chi connectivity index (χ1v) is 8.66. The second kappa shape index (κ2) is 7.67. The molecule has 0 unspecified atom stereocenters. The number of alkyl carbamates (subject to hydrolysis) is 1. The van der Waals surface area contributed by atoms with E-state index >= 15 is 0 Å². The highest BCUT2D eigenvalue weighted by Crippen LogP contribution is 2.35. The molecule has 1 aliphatic rings. The number of carbonyl (C=O) groups is 2. The Hall–Kier alpha value is -1.50. The Balaban J connectivity index is 1.99. The summed E-state index contributed by atoms with van der Waals surface area (Å²) in [5, 5.41) is 3.07. The van der Waals surface area contributed by atoms with Gasteiger partial charge in [0.2, 0.25) is 5.91 Å². The van der Waals surface area contributed by atoms with Crippen molar-refractivity contribution in [2.24, 2.45) is 0 Å². The third kappa shape index (κ3) is 4.03. The molecule has 0 aromatic carbocycles. The fourth-order valence-corrected chi connectivity index (χ4v) is 3.70. The molecule has 0 atom stereocenters. The quantitative estimate of drug-likeness (QED) is 0.843. The van der Waals surface area contributed by atoms with Crippen LogP contribution in [0, 0.1) is 13.8 Å². The highest BCUT2D eigenvalue weighted by atomic mass is 32.2. The number of nitrogens with one attached hydrogen (secondary N) is 1. The summed E-state index contributed by atoms with van der Waals surface area (Å²) >= 11 is 1.37. The van der Waals surface area contributed by atoms with E-state index in [-0.39, 0.29) is 18.3 Å². The Kier molecular flexibility index (Phi) is 5.88. The van der Waals surface area contributed by atoms with Crippen LogP contribution < -0.4 is 5.32 Å². The van der Waals surface area contributed by atoms with E-state index in [9.17, 15) is 9.59 Å². The molecule has 0 bridgehead atoms. The third-order valence-corrected chi connectivity index (χ3v) is 4.85. The van der Waals surface area contributed by atoms with Crippen molar-refractivity contribution in [3.05, 3.63) is 11.4 Å². The Bertz CT molecular complexity index is 550. The smallest absolute Gasteiger partial charge is 0.413 e. The summed E-state index contributed by atoms with van der Waals surface area (Å²) in [5.74, 6) is -0.207. The van der Waals surface area contributed by atoms with Crippen molar-refractivity contribution in [2.75, 3.05) is 12.4 Å². The average Bonchev–Trinajstić information content (AvgIpc) is 3.06. The van der Waals surface area contributed by atoms with Crippen LogP contribution in [-0.4, -0.2) is 33.9 Å². The average molecular weight is 325 g/mol.